The van der Waals surface area contributed by atoms with Crippen molar-refractivity contribution in [2.45, 2.75) is 19.8 Å². The fourth-order valence-corrected chi connectivity index (χ4v) is 2.30. The minimum absolute atomic E-state index is 0.113. The van der Waals surface area contributed by atoms with Crippen molar-refractivity contribution >= 4 is 17.5 Å². The van der Waals surface area contributed by atoms with Crippen LogP contribution in [-0.2, 0) is 0 Å². The topological polar surface area (TPSA) is 92.9 Å². The largest absolute Gasteiger partial charge is 0.396 e. The van der Waals surface area contributed by atoms with Gasteiger partial charge in [-0.2, -0.15) is 4.68 Å². The Morgan fingerprint density at radius 1 is 1.50 bits per heavy atom. The molecule has 0 saturated heterocycles. The molecule has 1 aromatic carbocycles. The fraction of sp³-hybridized carbons (Fsp3) is 0.429. The van der Waals surface area contributed by atoms with Crippen LogP contribution in [0.1, 0.15) is 30.1 Å². The van der Waals surface area contributed by atoms with E-state index in [0.29, 0.717) is 29.2 Å². The van der Waals surface area contributed by atoms with Gasteiger partial charge in [0.15, 0.2) is 0 Å². The summed E-state index contributed by atoms with van der Waals surface area (Å²) in [6, 6.07) is 4.95. The Bertz CT molecular complexity index is 618. The van der Waals surface area contributed by atoms with Crippen molar-refractivity contribution in [2.24, 2.45) is 5.92 Å². The van der Waals surface area contributed by atoms with Crippen molar-refractivity contribution in [1.29, 1.82) is 0 Å². The van der Waals surface area contributed by atoms with Crippen LogP contribution < -0.4 is 5.32 Å². The van der Waals surface area contributed by atoms with E-state index in [9.17, 15) is 4.79 Å². The van der Waals surface area contributed by atoms with E-state index in [1.165, 1.54) is 11.0 Å². The molecular weight excluding hydrogens is 306 g/mol. The lowest BCUT2D eigenvalue weighted by Gasteiger charge is -2.15. The molecule has 2 rings (SSSR count). The van der Waals surface area contributed by atoms with Crippen molar-refractivity contribution in [1.82, 2.24) is 25.5 Å². The van der Waals surface area contributed by atoms with Gasteiger partial charge in [0, 0.05) is 18.2 Å². The van der Waals surface area contributed by atoms with Gasteiger partial charge in [0.2, 0.25) is 0 Å². The van der Waals surface area contributed by atoms with Gasteiger partial charge in [-0.05, 0) is 41.0 Å². The number of rotatable bonds is 7. The number of tetrazole rings is 1. The van der Waals surface area contributed by atoms with Crippen LogP contribution in [0.4, 0.5) is 0 Å². The average Bonchev–Trinajstić information content (AvgIpc) is 3.05. The Balaban J connectivity index is 2.17. The van der Waals surface area contributed by atoms with Crippen LogP contribution in [-0.4, -0.2) is 44.4 Å². The van der Waals surface area contributed by atoms with Crippen LogP contribution in [0.5, 0.6) is 0 Å². The summed E-state index contributed by atoms with van der Waals surface area (Å²) in [6.07, 6.45) is 2.96. The molecule has 0 aliphatic rings. The van der Waals surface area contributed by atoms with Crippen LogP contribution in [0.25, 0.3) is 5.69 Å². The molecule has 1 aromatic heterocycles. The Hall–Kier alpha value is -1.99. The third-order valence-corrected chi connectivity index (χ3v) is 3.70. The zero-order chi connectivity index (χ0) is 15.9. The number of aliphatic hydroxyl groups is 1. The van der Waals surface area contributed by atoms with E-state index in [-0.39, 0.29) is 18.4 Å². The molecule has 1 unspecified atom stereocenters. The molecule has 0 fully saturated rings. The first kappa shape index (κ1) is 16.4. The van der Waals surface area contributed by atoms with Gasteiger partial charge in [-0.15, -0.1) is 5.10 Å². The van der Waals surface area contributed by atoms with E-state index in [1.807, 2.05) is 6.92 Å². The van der Waals surface area contributed by atoms with E-state index in [0.717, 1.165) is 6.42 Å². The molecule has 2 N–H and O–H groups in total. The quantitative estimate of drug-likeness (QED) is 0.804. The number of nitrogens with zero attached hydrogens (tertiary/aromatic N) is 4. The van der Waals surface area contributed by atoms with Crippen LogP contribution in [0.2, 0.25) is 5.02 Å². The SMILES string of the molecule is CCC(CCO)CNC(=O)c1cc(Cl)ccc1-n1cnnn1. The Morgan fingerprint density at radius 3 is 2.95 bits per heavy atom. The summed E-state index contributed by atoms with van der Waals surface area (Å²) in [5.74, 6) is -0.00555. The molecule has 1 atom stereocenters. The summed E-state index contributed by atoms with van der Waals surface area (Å²) in [5, 5.41) is 23.3. The number of halogens is 1. The molecule has 8 heteroatoms. The highest BCUT2D eigenvalue weighted by molar-refractivity contribution is 6.31. The summed E-state index contributed by atoms with van der Waals surface area (Å²) in [7, 11) is 0. The molecule has 2 aromatic rings. The normalized spacial score (nSPS) is 12.1. The Kier molecular flexibility index (Phi) is 5.85. The summed E-state index contributed by atoms with van der Waals surface area (Å²) in [6.45, 7) is 2.64. The van der Waals surface area contributed by atoms with Gasteiger partial charge < -0.3 is 10.4 Å². The fourth-order valence-electron chi connectivity index (χ4n) is 2.13. The van der Waals surface area contributed by atoms with Gasteiger partial charge in [0.1, 0.15) is 6.33 Å². The smallest absolute Gasteiger partial charge is 0.253 e. The van der Waals surface area contributed by atoms with Crippen molar-refractivity contribution in [3.8, 4) is 5.69 Å². The van der Waals surface area contributed by atoms with Crippen LogP contribution in [0, 0.1) is 5.92 Å². The number of hydrogen-bond acceptors (Lipinski definition) is 5. The first-order valence-electron chi connectivity index (χ1n) is 7.07. The molecule has 22 heavy (non-hydrogen) atoms. The van der Waals surface area contributed by atoms with Crippen molar-refractivity contribution in [3.05, 3.63) is 35.1 Å². The highest BCUT2D eigenvalue weighted by atomic mass is 35.5. The minimum Gasteiger partial charge on any atom is -0.396 e. The van der Waals surface area contributed by atoms with Crippen molar-refractivity contribution < 1.29 is 9.90 Å². The molecule has 0 radical (unpaired) electrons. The predicted molar refractivity (Wildman–Crippen MR) is 82.0 cm³/mol. The molecule has 0 aliphatic carbocycles. The molecule has 0 bridgehead atoms. The van der Waals surface area contributed by atoms with Crippen molar-refractivity contribution in [2.75, 3.05) is 13.2 Å². The first-order chi connectivity index (χ1) is 10.7. The highest BCUT2D eigenvalue weighted by Crippen LogP contribution is 2.19. The lowest BCUT2D eigenvalue weighted by molar-refractivity contribution is 0.0943. The van der Waals surface area contributed by atoms with Gasteiger partial charge >= 0.3 is 0 Å². The molecular formula is C14H18ClN5O2. The van der Waals surface area contributed by atoms with Crippen molar-refractivity contribution in [3.63, 3.8) is 0 Å². The second kappa shape index (κ2) is 7.86. The van der Waals surface area contributed by atoms with Gasteiger partial charge in [0.05, 0.1) is 11.3 Å². The van der Waals surface area contributed by atoms with Crippen LogP contribution in [0.15, 0.2) is 24.5 Å². The maximum atomic E-state index is 12.4. The lowest BCUT2D eigenvalue weighted by atomic mass is 10.0. The second-order valence-electron chi connectivity index (χ2n) is 4.91. The van der Waals surface area contributed by atoms with Crippen LogP contribution in [0.3, 0.4) is 0 Å². The highest BCUT2D eigenvalue weighted by Gasteiger charge is 2.16. The molecule has 7 nitrogen and oxygen atoms in total. The number of benzene rings is 1. The first-order valence-corrected chi connectivity index (χ1v) is 7.45. The number of hydrogen-bond donors (Lipinski definition) is 2. The maximum absolute atomic E-state index is 12.4. The summed E-state index contributed by atoms with van der Waals surface area (Å²) < 4.78 is 1.41. The zero-order valence-electron chi connectivity index (χ0n) is 12.2. The average molecular weight is 324 g/mol. The summed E-state index contributed by atoms with van der Waals surface area (Å²) in [5.41, 5.74) is 0.959. The summed E-state index contributed by atoms with van der Waals surface area (Å²) >= 11 is 5.99. The number of aliphatic hydroxyl groups excluding tert-OH is 1. The van der Waals surface area contributed by atoms with Crippen LogP contribution >= 0.6 is 11.6 Å². The molecule has 0 saturated carbocycles. The standard InChI is InChI=1S/C14H18ClN5O2/c1-2-10(5-6-21)8-16-14(22)12-7-11(15)3-4-13(12)20-9-17-18-19-20/h3-4,7,9-10,21H,2,5-6,8H2,1H3,(H,16,22). The summed E-state index contributed by atoms with van der Waals surface area (Å²) in [4.78, 5) is 12.4. The zero-order valence-corrected chi connectivity index (χ0v) is 13.0. The number of nitrogens with one attached hydrogen (secondary N) is 1. The second-order valence-corrected chi connectivity index (χ2v) is 5.35. The predicted octanol–water partition coefficient (Wildman–Crippen LogP) is 1.45. The Morgan fingerprint density at radius 2 is 2.32 bits per heavy atom. The third kappa shape index (κ3) is 4.02. The minimum atomic E-state index is -0.246. The lowest BCUT2D eigenvalue weighted by Crippen LogP contribution is -2.30. The van der Waals surface area contributed by atoms with Gasteiger partial charge in [-0.3, -0.25) is 4.79 Å². The van der Waals surface area contributed by atoms with E-state index in [4.69, 9.17) is 16.7 Å². The van der Waals surface area contributed by atoms with E-state index < -0.39 is 0 Å². The Labute approximate surface area is 133 Å². The number of carbonyl (C=O) groups is 1. The van der Waals surface area contributed by atoms with E-state index >= 15 is 0 Å². The number of carbonyl (C=O) groups excluding carboxylic acids is 1. The molecule has 0 aliphatic heterocycles. The van der Waals surface area contributed by atoms with Gasteiger partial charge in [0.25, 0.3) is 5.91 Å². The molecule has 1 heterocycles. The molecule has 0 spiro atoms. The van der Waals surface area contributed by atoms with Gasteiger partial charge in [-0.25, -0.2) is 0 Å². The molecule has 1 amide bonds. The van der Waals surface area contributed by atoms with E-state index in [2.05, 4.69) is 20.8 Å². The van der Waals surface area contributed by atoms with Gasteiger partial charge in [-0.1, -0.05) is 24.9 Å². The maximum Gasteiger partial charge on any atom is 0.253 e. The van der Waals surface area contributed by atoms with E-state index in [1.54, 1.807) is 18.2 Å². The monoisotopic (exact) mass is 323 g/mol. The third-order valence-electron chi connectivity index (χ3n) is 3.47. The number of amides is 1. The number of aromatic nitrogens is 4. The molecule has 118 valence electrons.